The van der Waals surface area contributed by atoms with Gasteiger partial charge in [0.25, 0.3) is 10.1 Å². The topological polar surface area (TPSA) is 38.0 Å². The van der Waals surface area contributed by atoms with E-state index in [2.05, 4.69) is 30.3 Å². The van der Waals surface area contributed by atoms with Gasteiger partial charge in [-0.25, -0.2) is 0 Å². The highest BCUT2D eigenvalue weighted by Gasteiger charge is 2.21. The summed E-state index contributed by atoms with van der Waals surface area (Å²) in [6.07, 6.45) is 0. The molecule has 6 heteroatoms. The molecular formula is C18H20ClN3OS. The normalized spacial score (nSPS) is 10.2. The Bertz CT molecular complexity index is 834. The number of aromatic nitrogens is 2. The van der Waals surface area contributed by atoms with Gasteiger partial charge in [-0.05, 0) is 60.6 Å². The van der Waals surface area contributed by atoms with E-state index in [1.165, 1.54) is 11.1 Å². The summed E-state index contributed by atoms with van der Waals surface area (Å²) in [5.74, 6) is 0.918. The molecule has 0 saturated heterocycles. The lowest BCUT2D eigenvalue weighted by Crippen LogP contribution is -3.00. The number of halogens is 1. The maximum absolute atomic E-state index is 5.40. The molecule has 0 radical (unpaired) electrons. The van der Waals surface area contributed by atoms with Crippen molar-refractivity contribution in [2.24, 2.45) is 7.05 Å². The van der Waals surface area contributed by atoms with Gasteiger partial charge >= 0.3 is 0 Å². The van der Waals surface area contributed by atoms with Crippen molar-refractivity contribution in [2.45, 2.75) is 13.8 Å². The summed E-state index contributed by atoms with van der Waals surface area (Å²) in [5.41, 5.74) is 4.60. The lowest BCUT2D eigenvalue weighted by atomic mass is 10.0. The maximum atomic E-state index is 5.40. The van der Waals surface area contributed by atoms with Gasteiger partial charge in [0.05, 0.1) is 12.7 Å². The number of para-hydroxylation sites is 1. The zero-order valence-electron chi connectivity index (χ0n) is 14.1. The van der Waals surface area contributed by atoms with Crippen molar-refractivity contribution >= 4 is 22.2 Å². The molecule has 0 saturated carbocycles. The summed E-state index contributed by atoms with van der Waals surface area (Å²) in [4.78, 5) is 0. The van der Waals surface area contributed by atoms with E-state index in [0.717, 1.165) is 27.1 Å². The van der Waals surface area contributed by atoms with Gasteiger partial charge in [-0.2, -0.15) is 0 Å². The Kier molecular flexibility index (Phi) is 5.80. The third-order valence-corrected chi connectivity index (χ3v) is 5.00. The fourth-order valence-electron chi connectivity index (χ4n) is 2.53. The number of methoxy groups -OCH3 is 1. The second kappa shape index (κ2) is 7.64. The number of hydrogen-bond acceptors (Lipinski definition) is 4. The molecule has 2 aromatic carbocycles. The molecule has 0 unspecified atom stereocenters. The molecule has 3 aromatic rings. The van der Waals surface area contributed by atoms with E-state index in [0.29, 0.717) is 0 Å². The van der Waals surface area contributed by atoms with Crippen LogP contribution in [0.2, 0.25) is 0 Å². The minimum atomic E-state index is 0. The lowest BCUT2D eigenvalue weighted by molar-refractivity contribution is -0.714. The largest absolute Gasteiger partial charge is 1.00 e. The summed E-state index contributed by atoms with van der Waals surface area (Å²) in [7, 11) is 3.68. The van der Waals surface area contributed by atoms with Gasteiger partial charge in [-0.3, -0.25) is 0 Å². The molecule has 1 aromatic heterocycles. The van der Waals surface area contributed by atoms with E-state index in [9.17, 15) is 0 Å². The Hall–Kier alpha value is -2.11. The minimum Gasteiger partial charge on any atom is -1.00 e. The van der Waals surface area contributed by atoms with Crippen molar-refractivity contribution in [3.05, 3.63) is 53.6 Å². The molecule has 1 heterocycles. The number of benzene rings is 2. The first kappa shape index (κ1) is 18.2. The summed E-state index contributed by atoms with van der Waals surface area (Å²) >= 11 is 1.64. The summed E-state index contributed by atoms with van der Waals surface area (Å²) < 4.78 is 7.32. The molecule has 0 bridgehead atoms. The molecule has 126 valence electrons. The van der Waals surface area contributed by atoms with E-state index in [-0.39, 0.29) is 12.4 Å². The number of nitrogens with zero attached hydrogens (tertiary/aromatic N) is 2. The zero-order chi connectivity index (χ0) is 16.4. The van der Waals surface area contributed by atoms with Crippen LogP contribution < -0.4 is 27.1 Å². The SMILES string of the molecule is COc1ccc(-c2sc(Nc3ccccc3)n[n+]2C)c(C)c1C.[Cl-]. The molecule has 0 amide bonds. The number of aryl methyl sites for hydroxylation is 1. The van der Waals surface area contributed by atoms with Crippen molar-refractivity contribution in [3.63, 3.8) is 0 Å². The molecule has 3 rings (SSSR count). The monoisotopic (exact) mass is 361 g/mol. The van der Waals surface area contributed by atoms with Crippen LogP contribution in [0.4, 0.5) is 10.8 Å². The molecule has 1 N–H and O–H groups in total. The molecule has 4 nitrogen and oxygen atoms in total. The molecule has 24 heavy (non-hydrogen) atoms. The van der Waals surface area contributed by atoms with Crippen LogP contribution in [0, 0.1) is 13.8 Å². The van der Waals surface area contributed by atoms with Crippen LogP contribution in [0.3, 0.4) is 0 Å². The highest BCUT2D eigenvalue weighted by Crippen LogP contribution is 2.33. The molecule has 0 fully saturated rings. The smallest absolute Gasteiger partial charge is 0.298 e. The average Bonchev–Trinajstić information content (AvgIpc) is 2.91. The lowest BCUT2D eigenvalue weighted by Gasteiger charge is -2.09. The van der Waals surface area contributed by atoms with Gasteiger partial charge in [0.15, 0.2) is 7.05 Å². The maximum Gasteiger partial charge on any atom is 0.298 e. The van der Waals surface area contributed by atoms with E-state index >= 15 is 0 Å². The summed E-state index contributed by atoms with van der Waals surface area (Å²) in [5, 5.41) is 9.94. The Balaban J connectivity index is 0.00000208. The van der Waals surface area contributed by atoms with Crippen LogP contribution in [-0.2, 0) is 7.05 Å². The second-order valence-corrected chi connectivity index (χ2v) is 6.37. The fourth-order valence-corrected chi connectivity index (χ4v) is 3.55. The highest BCUT2D eigenvalue weighted by atomic mass is 35.5. The van der Waals surface area contributed by atoms with Crippen LogP contribution >= 0.6 is 11.3 Å². The predicted molar refractivity (Wildman–Crippen MR) is 94.5 cm³/mol. The Morgan fingerprint density at radius 3 is 2.42 bits per heavy atom. The van der Waals surface area contributed by atoms with Crippen molar-refractivity contribution in [1.29, 1.82) is 0 Å². The van der Waals surface area contributed by atoms with Crippen molar-refractivity contribution < 1.29 is 21.8 Å². The first-order valence-corrected chi connectivity index (χ1v) is 8.25. The number of nitrogens with one attached hydrogen (secondary N) is 1. The van der Waals surface area contributed by atoms with Gasteiger partial charge in [0.2, 0.25) is 0 Å². The molecule has 0 aliphatic rings. The molecule has 0 atom stereocenters. The Morgan fingerprint density at radius 1 is 1.04 bits per heavy atom. The van der Waals surface area contributed by atoms with Crippen molar-refractivity contribution in [3.8, 4) is 16.3 Å². The van der Waals surface area contributed by atoms with Crippen LogP contribution in [0.5, 0.6) is 5.75 Å². The van der Waals surface area contributed by atoms with Crippen LogP contribution in [0.15, 0.2) is 42.5 Å². The summed E-state index contributed by atoms with van der Waals surface area (Å²) in [6, 6.07) is 14.2. The van der Waals surface area contributed by atoms with Gasteiger partial charge < -0.3 is 22.5 Å². The summed E-state index contributed by atoms with van der Waals surface area (Å²) in [6.45, 7) is 4.21. The van der Waals surface area contributed by atoms with Gasteiger partial charge in [0, 0.05) is 10.8 Å². The fraction of sp³-hybridized carbons (Fsp3) is 0.222. The van der Waals surface area contributed by atoms with Crippen LogP contribution in [0.25, 0.3) is 10.6 Å². The molecular weight excluding hydrogens is 342 g/mol. The first-order valence-electron chi connectivity index (χ1n) is 7.44. The van der Waals surface area contributed by atoms with Gasteiger partial charge in [-0.15, -0.1) is 0 Å². The molecule has 0 aliphatic heterocycles. The van der Waals surface area contributed by atoms with E-state index in [1.54, 1.807) is 18.4 Å². The van der Waals surface area contributed by atoms with Crippen molar-refractivity contribution in [1.82, 2.24) is 5.10 Å². The molecule has 0 aliphatic carbocycles. The minimum absolute atomic E-state index is 0. The van der Waals surface area contributed by atoms with Gasteiger partial charge in [0.1, 0.15) is 5.75 Å². The van der Waals surface area contributed by atoms with Crippen LogP contribution in [-0.4, -0.2) is 12.2 Å². The van der Waals surface area contributed by atoms with Crippen molar-refractivity contribution in [2.75, 3.05) is 12.4 Å². The zero-order valence-corrected chi connectivity index (χ0v) is 15.7. The number of hydrogen-bond donors (Lipinski definition) is 1. The third-order valence-electron chi connectivity index (χ3n) is 3.94. The average molecular weight is 362 g/mol. The number of ether oxygens (including phenoxy) is 1. The van der Waals surface area contributed by atoms with Gasteiger partial charge in [-0.1, -0.05) is 22.9 Å². The Morgan fingerprint density at radius 2 is 1.75 bits per heavy atom. The second-order valence-electron chi connectivity index (χ2n) is 5.39. The number of rotatable bonds is 4. The van der Waals surface area contributed by atoms with E-state index < -0.39 is 0 Å². The molecule has 0 spiro atoms. The third kappa shape index (κ3) is 3.52. The quantitative estimate of drug-likeness (QED) is 0.705. The van der Waals surface area contributed by atoms with E-state index in [1.807, 2.05) is 48.1 Å². The highest BCUT2D eigenvalue weighted by molar-refractivity contribution is 7.18. The predicted octanol–water partition coefficient (Wildman–Crippen LogP) is 1.01. The van der Waals surface area contributed by atoms with E-state index in [4.69, 9.17) is 4.74 Å². The van der Waals surface area contributed by atoms with Crippen LogP contribution in [0.1, 0.15) is 11.1 Å². The number of anilines is 2. The standard InChI is InChI=1S/C18H20N3OS.ClH/c1-12-13(2)16(22-4)11-10-15(12)17-21(3)20-18(23-17)19-14-8-6-5-7-9-14;/h5-11H,1-4H3,(H,19,20);1H/q+1;/p-1. The first-order chi connectivity index (χ1) is 11.1. The Labute approximate surface area is 152 Å².